The molecule has 1 aliphatic heterocycles. The molecule has 1 aromatic rings. The molecular formula is C17H22N2O7S. The van der Waals surface area contributed by atoms with Crippen molar-refractivity contribution in [2.75, 3.05) is 26.0 Å². The van der Waals surface area contributed by atoms with Crippen LogP contribution < -0.4 is 0 Å². The van der Waals surface area contributed by atoms with Crippen LogP contribution in [0.1, 0.15) is 30.6 Å². The van der Waals surface area contributed by atoms with Gasteiger partial charge in [0.25, 0.3) is 11.6 Å². The van der Waals surface area contributed by atoms with Crippen LogP contribution in [0.15, 0.2) is 23.1 Å². The van der Waals surface area contributed by atoms with Gasteiger partial charge in [-0.05, 0) is 30.4 Å². The molecule has 0 unspecified atom stereocenters. The summed E-state index contributed by atoms with van der Waals surface area (Å²) in [6.45, 7) is 4.80. The number of carbonyl (C=O) groups is 2. The molecule has 9 nitrogen and oxygen atoms in total. The number of esters is 1. The van der Waals surface area contributed by atoms with Crippen molar-refractivity contribution in [1.29, 1.82) is 0 Å². The van der Waals surface area contributed by atoms with E-state index in [1.54, 1.807) is 4.90 Å². The Labute approximate surface area is 157 Å². The van der Waals surface area contributed by atoms with Crippen LogP contribution in [-0.2, 0) is 19.4 Å². The number of nitrogens with zero attached hydrogens (tertiary/aromatic N) is 2. The van der Waals surface area contributed by atoms with Gasteiger partial charge in [0.15, 0.2) is 16.4 Å². The van der Waals surface area contributed by atoms with Crippen LogP contribution in [0.2, 0.25) is 0 Å². The summed E-state index contributed by atoms with van der Waals surface area (Å²) < 4.78 is 28.2. The van der Waals surface area contributed by atoms with Gasteiger partial charge in [0.05, 0.1) is 10.5 Å². The molecule has 0 radical (unpaired) electrons. The Bertz CT molecular complexity index is 856. The predicted molar refractivity (Wildman–Crippen MR) is 96.0 cm³/mol. The Balaban J connectivity index is 2.09. The smallest absolute Gasteiger partial charge is 0.338 e. The van der Waals surface area contributed by atoms with E-state index in [0.717, 1.165) is 30.9 Å². The third-order valence-electron chi connectivity index (χ3n) is 4.34. The minimum Gasteiger partial charge on any atom is -0.452 e. The molecule has 148 valence electrons. The number of carbonyl (C=O) groups excluding carboxylic acids is 2. The maximum atomic E-state index is 12.2. The number of hydrogen-bond acceptors (Lipinski definition) is 7. The summed E-state index contributed by atoms with van der Waals surface area (Å²) in [5.74, 6) is -0.534. The molecule has 1 amide bonds. The molecule has 27 heavy (non-hydrogen) atoms. The van der Waals surface area contributed by atoms with E-state index in [1.807, 2.05) is 13.8 Å². The lowest BCUT2D eigenvalue weighted by molar-refractivity contribution is -0.387. The summed E-state index contributed by atoms with van der Waals surface area (Å²) in [4.78, 5) is 35.8. The number of nitro benzene ring substituents is 1. The van der Waals surface area contributed by atoms with Gasteiger partial charge in [-0.2, -0.15) is 0 Å². The first-order chi connectivity index (χ1) is 12.5. The molecule has 0 saturated carbocycles. The molecule has 10 heteroatoms. The Morgan fingerprint density at radius 3 is 2.37 bits per heavy atom. The monoisotopic (exact) mass is 398 g/mol. The Morgan fingerprint density at radius 1 is 1.26 bits per heavy atom. The third-order valence-corrected chi connectivity index (χ3v) is 5.48. The number of sulfone groups is 1. The van der Waals surface area contributed by atoms with Crippen LogP contribution in [0.25, 0.3) is 0 Å². The number of ether oxygens (including phenoxy) is 1. The van der Waals surface area contributed by atoms with Crippen molar-refractivity contribution >= 4 is 27.4 Å². The molecule has 0 N–H and O–H groups in total. The minimum atomic E-state index is -3.83. The number of likely N-dealkylation sites (tertiary alicyclic amines) is 1. The second-order valence-corrected chi connectivity index (χ2v) is 9.02. The zero-order valence-electron chi connectivity index (χ0n) is 15.4. The van der Waals surface area contributed by atoms with Gasteiger partial charge < -0.3 is 9.64 Å². The first-order valence-electron chi connectivity index (χ1n) is 8.42. The second kappa shape index (κ2) is 8.03. The van der Waals surface area contributed by atoms with E-state index >= 15 is 0 Å². The molecule has 0 aliphatic carbocycles. The summed E-state index contributed by atoms with van der Waals surface area (Å²) in [7, 11) is -3.83. The largest absolute Gasteiger partial charge is 0.452 e. The fourth-order valence-corrected chi connectivity index (χ4v) is 4.10. The molecule has 2 atom stereocenters. The first kappa shape index (κ1) is 20.8. The highest BCUT2D eigenvalue weighted by atomic mass is 32.2. The lowest BCUT2D eigenvalue weighted by Crippen LogP contribution is -2.44. The Morgan fingerprint density at radius 2 is 1.85 bits per heavy atom. The fraction of sp³-hybridized carbons (Fsp3) is 0.529. The number of hydrogen-bond donors (Lipinski definition) is 0. The number of nitro groups is 1. The van der Waals surface area contributed by atoms with E-state index in [0.29, 0.717) is 24.9 Å². The number of rotatable bonds is 5. The number of piperidine rings is 1. The van der Waals surface area contributed by atoms with Crippen LogP contribution in [0.4, 0.5) is 5.69 Å². The molecule has 1 fully saturated rings. The molecule has 0 spiro atoms. The van der Waals surface area contributed by atoms with E-state index in [4.69, 9.17) is 4.74 Å². The van der Waals surface area contributed by atoms with Gasteiger partial charge in [0.2, 0.25) is 0 Å². The van der Waals surface area contributed by atoms with Crippen molar-refractivity contribution in [1.82, 2.24) is 4.90 Å². The van der Waals surface area contributed by atoms with Crippen molar-refractivity contribution in [2.24, 2.45) is 11.8 Å². The van der Waals surface area contributed by atoms with Gasteiger partial charge in [-0.3, -0.25) is 14.9 Å². The van der Waals surface area contributed by atoms with Crippen molar-refractivity contribution in [3.63, 3.8) is 0 Å². The highest BCUT2D eigenvalue weighted by Gasteiger charge is 2.27. The molecule has 0 bridgehead atoms. The quantitative estimate of drug-likeness (QED) is 0.420. The maximum absolute atomic E-state index is 12.2. The standard InChI is InChI=1S/C17H22N2O7S/c1-11-6-12(2)9-18(8-11)16(20)10-26-17(21)13-4-5-15(27(3,24)25)14(7-13)19(22)23/h4-5,7,11-12H,6,8-10H2,1-3H3/t11-,12-/m1/s1. The Kier molecular flexibility index (Phi) is 6.19. The zero-order valence-corrected chi connectivity index (χ0v) is 16.2. The molecule has 2 rings (SSSR count). The zero-order chi connectivity index (χ0) is 20.4. The summed E-state index contributed by atoms with van der Waals surface area (Å²) in [5, 5.41) is 11.1. The van der Waals surface area contributed by atoms with E-state index < -0.39 is 37.9 Å². The predicted octanol–water partition coefficient (Wildman–Crippen LogP) is 1.66. The van der Waals surface area contributed by atoms with Crippen LogP contribution >= 0.6 is 0 Å². The minimum absolute atomic E-state index is 0.192. The molecule has 1 aliphatic rings. The summed E-state index contributed by atoms with van der Waals surface area (Å²) in [6.07, 6.45) is 1.87. The second-order valence-electron chi connectivity index (χ2n) is 7.03. The van der Waals surface area contributed by atoms with Crippen LogP contribution in [0.3, 0.4) is 0 Å². The van der Waals surface area contributed by atoms with E-state index in [9.17, 15) is 28.1 Å². The molecule has 1 heterocycles. The van der Waals surface area contributed by atoms with Crippen LogP contribution in [0.5, 0.6) is 0 Å². The van der Waals surface area contributed by atoms with E-state index in [-0.39, 0.29) is 11.5 Å². The van der Waals surface area contributed by atoms with Gasteiger partial charge >= 0.3 is 5.97 Å². The van der Waals surface area contributed by atoms with Crippen LogP contribution in [0, 0.1) is 22.0 Å². The number of amides is 1. The third kappa shape index (κ3) is 5.25. The molecule has 1 aromatic carbocycles. The fourth-order valence-electron chi connectivity index (χ4n) is 3.27. The van der Waals surface area contributed by atoms with Crippen molar-refractivity contribution in [3.8, 4) is 0 Å². The Hall–Kier alpha value is -2.49. The lowest BCUT2D eigenvalue weighted by atomic mass is 9.92. The van der Waals surface area contributed by atoms with Crippen molar-refractivity contribution in [2.45, 2.75) is 25.2 Å². The normalized spacial score (nSPS) is 20.2. The van der Waals surface area contributed by atoms with Crippen molar-refractivity contribution in [3.05, 3.63) is 33.9 Å². The highest BCUT2D eigenvalue weighted by molar-refractivity contribution is 7.90. The summed E-state index contributed by atoms with van der Waals surface area (Å²) in [6, 6.07) is 2.95. The van der Waals surface area contributed by atoms with Gasteiger partial charge in [-0.15, -0.1) is 0 Å². The van der Waals surface area contributed by atoms with E-state index in [1.165, 1.54) is 0 Å². The van der Waals surface area contributed by atoms with Gasteiger partial charge in [0, 0.05) is 25.4 Å². The molecule has 1 saturated heterocycles. The number of benzene rings is 1. The molecular weight excluding hydrogens is 376 g/mol. The topological polar surface area (TPSA) is 124 Å². The molecule has 0 aromatic heterocycles. The van der Waals surface area contributed by atoms with Gasteiger partial charge in [-0.25, -0.2) is 13.2 Å². The highest BCUT2D eigenvalue weighted by Crippen LogP contribution is 2.25. The first-order valence-corrected chi connectivity index (χ1v) is 10.3. The SMILES string of the molecule is C[C@@H]1C[C@@H](C)CN(C(=O)COC(=O)c2ccc(S(C)(=O)=O)c([N+](=O)[O-])c2)C1. The van der Waals surface area contributed by atoms with Crippen molar-refractivity contribution < 1.29 is 27.7 Å². The lowest BCUT2D eigenvalue weighted by Gasteiger charge is -2.34. The van der Waals surface area contributed by atoms with E-state index in [2.05, 4.69) is 0 Å². The van der Waals surface area contributed by atoms with Crippen LogP contribution in [-0.4, -0.2) is 56.1 Å². The summed E-state index contributed by atoms with van der Waals surface area (Å²) in [5.41, 5.74) is -0.903. The maximum Gasteiger partial charge on any atom is 0.338 e. The van der Waals surface area contributed by atoms with Gasteiger partial charge in [-0.1, -0.05) is 13.8 Å². The average molecular weight is 398 g/mol. The summed E-state index contributed by atoms with van der Waals surface area (Å²) >= 11 is 0. The average Bonchev–Trinajstić information content (AvgIpc) is 2.57. The van der Waals surface area contributed by atoms with Gasteiger partial charge in [0.1, 0.15) is 4.90 Å².